The number of anilines is 1. The number of benzene rings is 2. The van der Waals surface area contributed by atoms with Gasteiger partial charge in [-0.25, -0.2) is 8.42 Å². The molecule has 0 aliphatic carbocycles. The fraction of sp³-hybridized carbons (Fsp3) is 0.381. The molecular weight excluding hydrogens is 447 g/mol. The molecule has 0 atom stereocenters. The number of nitrogens with one attached hydrogen (secondary N) is 2. The number of alkyl halides is 1. The summed E-state index contributed by atoms with van der Waals surface area (Å²) in [4.78, 5) is 12.5. The van der Waals surface area contributed by atoms with Crippen LogP contribution in [-0.2, 0) is 16.4 Å². The van der Waals surface area contributed by atoms with Gasteiger partial charge in [-0.1, -0.05) is 29.8 Å². The third-order valence-corrected chi connectivity index (χ3v) is 6.52. The molecule has 0 bridgehead atoms. The molecule has 0 aromatic heterocycles. The van der Waals surface area contributed by atoms with Gasteiger partial charge in [0.25, 0.3) is 0 Å². The monoisotopic (exact) mass is 472 g/mol. The summed E-state index contributed by atoms with van der Waals surface area (Å²) >= 11 is 11.6. The Kier molecular flexibility index (Phi) is 9.91. The predicted octanol–water partition coefficient (Wildman–Crippen LogP) is 4.47. The Morgan fingerprint density at radius 1 is 1.10 bits per heavy atom. The maximum atomic E-state index is 12.5. The van der Waals surface area contributed by atoms with Crippen LogP contribution in [0.2, 0.25) is 5.02 Å². The van der Waals surface area contributed by atoms with Gasteiger partial charge < -0.3 is 10.1 Å². The van der Waals surface area contributed by atoms with Gasteiger partial charge in [-0.15, -0.1) is 11.6 Å². The number of Topliss-reactive ketones (excluding diaryl/α,β-unsaturated/α-hetero) is 1. The van der Waals surface area contributed by atoms with Crippen molar-refractivity contribution in [2.45, 2.75) is 25.7 Å². The summed E-state index contributed by atoms with van der Waals surface area (Å²) in [6.45, 7) is 1.63. The van der Waals surface area contributed by atoms with Gasteiger partial charge in [0.15, 0.2) is 5.78 Å². The van der Waals surface area contributed by atoms with Crippen LogP contribution in [0.25, 0.3) is 0 Å². The largest absolute Gasteiger partial charge is 0.495 e. The molecule has 0 spiro atoms. The molecule has 0 saturated carbocycles. The quantitative estimate of drug-likeness (QED) is 0.255. The van der Waals surface area contributed by atoms with Gasteiger partial charge in [0, 0.05) is 17.0 Å². The normalized spacial score (nSPS) is 11.3. The van der Waals surface area contributed by atoms with E-state index >= 15 is 0 Å². The molecule has 0 fully saturated rings. The van der Waals surface area contributed by atoms with Gasteiger partial charge >= 0.3 is 0 Å². The smallest absolute Gasteiger partial charge is 0.246 e. The Balaban J connectivity index is 1.77. The highest BCUT2D eigenvalue weighted by atomic mass is 35.5. The molecule has 0 unspecified atom stereocenters. The van der Waals surface area contributed by atoms with Gasteiger partial charge in [-0.3, -0.25) is 9.52 Å². The van der Waals surface area contributed by atoms with Crippen molar-refractivity contribution >= 4 is 44.7 Å². The van der Waals surface area contributed by atoms with Crippen molar-refractivity contribution in [3.8, 4) is 5.75 Å². The van der Waals surface area contributed by atoms with Crippen molar-refractivity contribution in [1.29, 1.82) is 0 Å². The summed E-state index contributed by atoms with van der Waals surface area (Å²) in [5, 5.41) is 3.54. The minimum atomic E-state index is -3.69. The molecule has 0 amide bonds. The number of halogens is 2. The van der Waals surface area contributed by atoms with Crippen LogP contribution >= 0.6 is 23.2 Å². The Bertz CT molecular complexity index is 952. The van der Waals surface area contributed by atoms with Crippen molar-refractivity contribution < 1.29 is 17.9 Å². The third-order valence-electron chi connectivity index (χ3n) is 4.47. The van der Waals surface area contributed by atoms with E-state index in [4.69, 9.17) is 27.9 Å². The van der Waals surface area contributed by atoms with E-state index in [2.05, 4.69) is 10.0 Å². The van der Waals surface area contributed by atoms with Crippen molar-refractivity contribution in [3.63, 3.8) is 0 Å². The number of carbonyl (C=O) groups is 1. The van der Waals surface area contributed by atoms with Crippen LogP contribution in [0.1, 0.15) is 35.2 Å². The molecule has 0 radical (unpaired) electrons. The van der Waals surface area contributed by atoms with Crippen LogP contribution in [0.5, 0.6) is 5.75 Å². The first kappa shape index (κ1) is 24.5. The lowest BCUT2D eigenvalue weighted by Gasteiger charge is -2.12. The maximum absolute atomic E-state index is 12.5. The summed E-state index contributed by atoms with van der Waals surface area (Å²) in [7, 11) is -2.27. The van der Waals surface area contributed by atoms with E-state index in [-0.39, 0.29) is 11.5 Å². The number of ether oxygens (including phenoxy) is 1. The predicted molar refractivity (Wildman–Crippen MR) is 122 cm³/mol. The van der Waals surface area contributed by atoms with Crippen LogP contribution < -0.4 is 14.8 Å². The Morgan fingerprint density at radius 3 is 2.57 bits per heavy atom. The van der Waals surface area contributed by atoms with Crippen molar-refractivity contribution in [3.05, 3.63) is 58.6 Å². The second kappa shape index (κ2) is 12.2. The number of sulfonamides is 1. The van der Waals surface area contributed by atoms with E-state index in [9.17, 15) is 13.2 Å². The number of carbonyl (C=O) groups excluding carboxylic acids is 1. The number of ketones is 1. The summed E-state index contributed by atoms with van der Waals surface area (Å²) in [5.74, 6) is 0.267. The van der Waals surface area contributed by atoms with E-state index in [0.29, 0.717) is 17.7 Å². The van der Waals surface area contributed by atoms with Gasteiger partial charge in [-0.2, -0.15) is 0 Å². The average molecular weight is 473 g/mol. The van der Waals surface area contributed by atoms with Crippen LogP contribution in [0, 0.1) is 0 Å². The van der Waals surface area contributed by atoms with Crippen LogP contribution in [-0.4, -0.2) is 39.6 Å². The molecule has 164 valence electrons. The number of rotatable bonds is 13. The highest BCUT2D eigenvalue weighted by Gasteiger charge is 2.15. The Morgan fingerprint density at radius 2 is 1.87 bits per heavy atom. The molecule has 30 heavy (non-hydrogen) atoms. The van der Waals surface area contributed by atoms with E-state index in [0.717, 1.165) is 42.9 Å². The molecule has 0 aliphatic rings. The van der Waals surface area contributed by atoms with Crippen molar-refractivity contribution in [2.24, 2.45) is 0 Å². The van der Waals surface area contributed by atoms with Gasteiger partial charge in [-0.05, 0) is 62.2 Å². The molecule has 0 aliphatic heterocycles. The molecule has 2 aromatic carbocycles. The number of unbranched alkanes of at least 4 members (excludes halogenated alkanes) is 1. The number of hydrogen-bond donors (Lipinski definition) is 2. The van der Waals surface area contributed by atoms with E-state index in [1.165, 1.54) is 13.2 Å². The first-order valence-electron chi connectivity index (χ1n) is 9.58. The van der Waals surface area contributed by atoms with Gasteiger partial charge in [0.05, 0.1) is 12.8 Å². The summed E-state index contributed by atoms with van der Waals surface area (Å²) < 4.78 is 30.9. The van der Waals surface area contributed by atoms with E-state index < -0.39 is 15.2 Å². The summed E-state index contributed by atoms with van der Waals surface area (Å²) in [5.41, 5.74) is 1.74. The zero-order chi connectivity index (χ0) is 22.0. The average Bonchev–Trinajstić information content (AvgIpc) is 2.73. The molecule has 0 heterocycles. The molecule has 9 heteroatoms. The van der Waals surface area contributed by atoms with Crippen LogP contribution in [0.15, 0.2) is 42.5 Å². The molecule has 6 nitrogen and oxygen atoms in total. The Hall–Kier alpha value is -1.80. The van der Waals surface area contributed by atoms with E-state index in [1.54, 1.807) is 12.1 Å². The highest BCUT2D eigenvalue weighted by molar-refractivity contribution is 7.93. The fourth-order valence-corrected chi connectivity index (χ4v) is 3.83. The lowest BCUT2D eigenvalue weighted by molar-refractivity contribution is 0.0979. The standard InChI is InChI=1S/C21H26Cl2N2O4S/c1-29-21-10-9-17(14-19(21)25-30(27,28)15-22)20(26)8-4-5-12-24-13-11-16-6-2-3-7-18(16)23/h2-3,6-7,9-10,14,24-25H,4-5,8,11-13,15H2,1H3. The number of hydrogen-bond acceptors (Lipinski definition) is 5. The third kappa shape index (κ3) is 7.80. The van der Waals surface area contributed by atoms with Crippen molar-refractivity contribution in [2.75, 3.05) is 30.1 Å². The molecule has 2 N–H and O–H groups in total. The summed E-state index contributed by atoms with van der Waals surface area (Å²) in [6, 6.07) is 12.4. The minimum absolute atomic E-state index is 0.0555. The topological polar surface area (TPSA) is 84.5 Å². The minimum Gasteiger partial charge on any atom is -0.495 e. The van der Waals surface area contributed by atoms with Crippen LogP contribution in [0.4, 0.5) is 5.69 Å². The van der Waals surface area contributed by atoms with Crippen molar-refractivity contribution in [1.82, 2.24) is 5.32 Å². The summed E-state index contributed by atoms with van der Waals surface area (Å²) in [6.07, 6.45) is 2.81. The van der Waals surface area contributed by atoms with Crippen LogP contribution in [0.3, 0.4) is 0 Å². The zero-order valence-corrected chi connectivity index (χ0v) is 19.1. The SMILES string of the molecule is COc1ccc(C(=O)CCCCNCCc2ccccc2Cl)cc1NS(=O)(=O)CCl. The first-order valence-corrected chi connectivity index (χ1v) is 12.1. The molecule has 0 saturated heterocycles. The highest BCUT2D eigenvalue weighted by Crippen LogP contribution is 2.27. The molecule has 2 rings (SSSR count). The fourth-order valence-electron chi connectivity index (χ4n) is 2.89. The lowest BCUT2D eigenvalue weighted by Crippen LogP contribution is -2.18. The first-order chi connectivity index (χ1) is 14.4. The maximum Gasteiger partial charge on any atom is 0.246 e. The lowest BCUT2D eigenvalue weighted by atomic mass is 10.0. The zero-order valence-electron chi connectivity index (χ0n) is 16.8. The second-order valence-electron chi connectivity index (χ2n) is 6.71. The van der Waals surface area contributed by atoms with E-state index in [1.807, 2.05) is 24.3 Å². The van der Waals surface area contributed by atoms with Gasteiger partial charge in [0.1, 0.15) is 11.0 Å². The van der Waals surface area contributed by atoms with Gasteiger partial charge in [0.2, 0.25) is 10.0 Å². The second-order valence-corrected chi connectivity index (χ2v) is 9.43. The molecule has 2 aromatic rings. The Labute approximate surface area is 188 Å². The molecular formula is C21H26Cl2N2O4S. The number of methoxy groups -OCH3 is 1.